The number of hydrogen-bond donors (Lipinski definition) is 1. The smallest absolute Gasteiger partial charge is 0.234 e. The molecule has 0 aliphatic carbocycles. The van der Waals surface area contributed by atoms with Gasteiger partial charge in [-0.25, -0.2) is 0 Å². The summed E-state index contributed by atoms with van der Waals surface area (Å²) in [5, 5.41) is 2.94. The lowest BCUT2D eigenvalue weighted by atomic mass is 10.2. The molecule has 15 heavy (non-hydrogen) atoms. The first-order valence-corrected chi connectivity index (χ1v) is 6.16. The van der Waals surface area contributed by atoms with Crippen LogP contribution in [0, 0.1) is 0 Å². The third kappa shape index (κ3) is 9.73. The molecule has 0 aliphatic heterocycles. The summed E-state index contributed by atoms with van der Waals surface area (Å²) in [4.78, 5) is 13.5. The van der Waals surface area contributed by atoms with Gasteiger partial charge in [-0.2, -0.15) is 0 Å². The molecule has 0 aliphatic rings. The minimum Gasteiger partial charge on any atom is -0.355 e. The van der Waals surface area contributed by atoms with Gasteiger partial charge in [0.25, 0.3) is 0 Å². The minimum absolute atomic E-state index is 0.157. The number of unbranched alkanes of at least 4 members (excludes halogenated alkanes) is 3. The molecule has 0 fully saturated rings. The summed E-state index contributed by atoms with van der Waals surface area (Å²) < 4.78 is 0. The third-order valence-electron chi connectivity index (χ3n) is 2.41. The molecule has 0 spiro atoms. The van der Waals surface area contributed by atoms with Gasteiger partial charge >= 0.3 is 0 Å². The number of carbonyl (C=O) groups is 1. The van der Waals surface area contributed by atoms with Crippen molar-refractivity contribution in [1.29, 1.82) is 0 Å². The van der Waals surface area contributed by atoms with Crippen LogP contribution in [-0.2, 0) is 4.79 Å². The van der Waals surface area contributed by atoms with E-state index in [1.165, 1.54) is 25.7 Å². The number of carbonyl (C=O) groups excluding carboxylic acids is 1. The molecule has 0 rings (SSSR count). The lowest BCUT2D eigenvalue weighted by Crippen LogP contribution is -2.36. The van der Waals surface area contributed by atoms with Gasteiger partial charge in [-0.05, 0) is 26.4 Å². The van der Waals surface area contributed by atoms with Crippen molar-refractivity contribution in [3.05, 3.63) is 0 Å². The quantitative estimate of drug-likeness (QED) is 0.596. The van der Waals surface area contributed by atoms with Gasteiger partial charge in [0.15, 0.2) is 0 Å². The van der Waals surface area contributed by atoms with E-state index in [4.69, 9.17) is 0 Å². The molecule has 0 radical (unpaired) electrons. The van der Waals surface area contributed by atoms with Crippen molar-refractivity contribution in [3.8, 4) is 0 Å². The highest BCUT2D eigenvalue weighted by Gasteiger charge is 2.04. The molecular weight excluding hydrogens is 188 g/mol. The maximum atomic E-state index is 11.4. The number of nitrogens with zero attached hydrogens (tertiary/aromatic N) is 1. The summed E-state index contributed by atoms with van der Waals surface area (Å²) in [6.07, 6.45) is 5.85. The largest absolute Gasteiger partial charge is 0.355 e. The maximum absolute atomic E-state index is 11.4. The van der Waals surface area contributed by atoms with Gasteiger partial charge in [0, 0.05) is 6.54 Å². The van der Waals surface area contributed by atoms with Crippen LogP contribution in [0.3, 0.4) is 0 Å². The Morgan fingerprint density at radius 2 is 1.80 bits per heavy atom. The molecular formula is C12H26N2O. The van der Waals surface area contributed by atoms with Crippen molar-refractivity contribution < 1.29 is 4.79 Å². The van der Waals surface area contributed by atoms with E-state index in [2.05, 4.69) is 24.1 Å². The van der Waals surface area contributed by atoms with Gasteiger partial charge in [0.05, 0.1) is 6.54 Å². The summed E-state index contributed by atoms with van der Waals surface area (Å²) in [5.41, 5.74) is 0. The highest BCUT2D eigenvalue weighted by molar-refractivity contribution is 5.77. The van der Waals surface area contributed by atoms with Crippen LogP contribution >= 0.6 is 0 Å². The Balaban J connectivity index is 3.38. The van der Waals surface area contributed by atoms with Crippen LogP contribution in [0.4, 0.5) is 0 Å². The van der Waals surface area contributed by atoms with Gasteiger partial charge < -0.3 is 5.32 Å². The predicted octanol–water partition coefficient (Wildman–Crippen LogP) is 2.02. The van der Waals surface area contributed by atoms with Crippen LogP contribution in [-0.4, -0.2) is 37.5 Å². The molecule has 3 nitrogen and oxygen atoms in total. The Bertz CT molecular complexity index is 160. The second-order valence-corrected chi connectivity index (χ2v) is 4.15. The lowest BCUT2D eigenvalue weighted by molar-refractivity contribution is -0.121. The summed E-state index contributed by atoms with van der Waals surface area (Å²) in [5.74, 6) is 0.157. The zero-order valence-electron chi connectivity index (χ0n) is 10.5. The van der Waals surface area contributed by atoms with Crippen molar-refractivity contribution >= 4 is 5.91 Å². The number of likely N-dealkylation sites (N-methyl/N-ethyl adjacent to an activating group) is 1. The average Bonchev–Trinajstić information content (AvgIpc) is 2.21. The molecule has 1 N–H and O–H groups in total. The van der Waals surface area contributed by atoms with E-state index in [1.807, 2.05) is 7.05 Å². The first-order valence-electron chi connectivity index (χ1n) is 6.16. The molecule has 0 aromatic carbocycles. The van der Waals surface area contributed by atoms with Gasteiger partial charge in [-0.3, -0.25) is 9.69 Å². The average molecular weight is 214 g/mol. The third-order valence-corrected chi connectivity index (χ3v) is 2.41. The molecule has 0 atom stereocenters. The van der Waals surface area contributed by atoms with Gasteiger partial charge in [0.1, 0.15) is 0 Å². The zero-order valence-corrected chi connectivity index (χ0v) is 10.5. The Morgan fingerprint density at radius 3 is 2.40 bits per heavy atom. The van der Waals surface area contributed by atoms with Crippen LogP contribution in [0.15, 0.2) is 0 Å². The van der Waals surface area contributed by atoms with E-state index in [-0.39, 0.29) is 5.91 Å². The Morgan fingerprint density at radius 1 is 1.13 bits per heavy atom. The van der Waals surface area contributed by atoms with E-state index < -0.39 is 0 Å². The molecule has 0 bridgehead atoms. The number of nitrogens with one attached hydrogen (secondary N) is 1. The van der Waals surface area contributed by atoms with Crippen molar-refractivity contribution in [2.75, 3.05) is 26.7 Å². The van der Waals surface area contributed by atoms with Crippen LogP contribution in [0.2, 0.25) is 0 Å². The zero-order chi connectivity index (χ0) is 11.5. The van der Waals surface area contributed by atoms with Gasteiger partial charge in [0.2, 0.25) is 5.91 Å². The first kappa shape index (κ1) is 14.4. The molecule has 0 unspecified atom stereocenters. The summed E-state index contributed by atoms with van der Waals surface area (Å²) in [6, 6.07) is 0. The second-order valence-electron chi connectivity index (χ2n) is 4.15. The van der Waals surface area contributed by atoms with Crippen LogP contribution in [0.1, 0.15) is 46.0 Å². The van der Waals surface area contributed by atoms with E-state index in [0.717, 1.165) is 19.5 Å². The molecule has 3 heteroatoms. The summed E-state index contributed by atoms with van der Waals surface area (Å²) in [7, 11) is 2.00. The van der Waals surface area contributed by atoms with Crippen LogP contribution < -0.4 is 5.32 Å². The highest BCUT2D eigenvalue weighted by atomic mass is 16.1. The van der Waals surface area contributed by atoms with E-state index in [9.17, 15) is 4.79 Å². The fourth-order valence-corrected chi connectivity index (χ4v) is 1.41. The number of hydrogen-bond acceptors (Lipinski definition) is 2. The molecule has 0 aromatic rings. The minimum atomic E-state index is 0.157. The maximum Gasteiger partial charge on any atom is 0.234 e. The van der Waals surface area contributed by atoms with Crippen LogP contribution in [0.5, 0.6) is 0 Å². The molecule has 1 amide bonds. The second kappa shape index (κ2) is 9.97. The molecule has 0 heterocycles. The number of rotatable bonds is 9. The van der Waals surface area contributed by atoms with Crippen molar-refractivity contribution in [3.63, 3.8) is 0 Å². The number of amides is 1. The predicted molar refractivity (Wildman–Crippen MR) is 64.9 cm³/mol. The standard InChI is InChI=1S/C12H26N2O/c1-4-6-8-9-13-12(15)11-14(3)10-7-5-2/h4-11H2,1-3H3,(H,13,15). The van der Waals surface area contributed by atoms with Gasteiger partial charge in [-0.1, -0.05) is 33.1 Å². The topological polar surface area (TPSA) is 32.3 Å². The van der Waals surface area contributed by atoms with E-state index in [1.54, 1.807) is 0 Å². The summed E-state index contributed by atoms with van der Waals surface area (Å²) in [6.45, 7) is 6.71. The monoisotopic (exact) mass is 214 g/mol. The lowest BCUT2D eigenvalue weighted by Gasteiger charge is -2.15. The van der Waals surface area contributed by atoms with E-state index in [0.29, 0.717) is 6.54 Å². The normalized spacial score (nSPS) is 10.7. The van der Waals surface area contributed by atoms with E-state index >= 15 is 0 Å². The fraction of sp³-hybridized carbons (Fsp3) is 0.917. The Kier molecular flexibility index (Phi) is 9.59. The summed E-state index contributed by atoms with van der Waals surface area (Å²) >= 11 is 0. The Hall–Kier alpha value is -0.570. The van der Waals surface area contributed by atoms with Crippen LogP contribution in [0.25, 0.3) is 0 Å². The van der Waals surface area contributed by atoms with Crippen molar-refractivity contribution in [1.82, 2.24) is 10.2 Å². The van der Waals surface area contributed by atoms with Crippen molar-refractivity contribution in [2.45, 2.75) is 46.0 Å². The molecule has 0 saturated heterocycles. The van der Waals surface area contributed by atoms with Crippen molar-refractivity contribution in [2.24, 2.45) is 0 Å². The first-order chi connectivity index (χ1) is 7.20. The molecule has 0 aromatic heterocycles. The Labute approximate surface area is 94.2 Å². The highest BCUT2D eigenvalue weighted by Crippen LogP contribution is 1.93. The SMILES string of the molecule is CCCCCNC(=O)CN(C)CCCC. The fourth-order valence-electron chi connectivity index (χ4n) is 1.41. The molecule has 90 valence electrons. The van der Waals surface area contributed by atoms with Gasteiger partial charge in [-0.15, -0.1) is 0 Å². The molecule has 0 saturated carbocycles.